The molecule has 0 bridgehead atoms. The number of hydrogen-bond donors (Lipinski definition) is 2. The number of rotatable bonds is 3. The highest BCUT2D eigenvalue weighted by Crippen LogP contribution is 2.34. The van der Waals surface area contributed by atoms with Crippen molar-refractivity contribution in [2.75, 3.05) is 12.4 Å². The molecule has 4 nitrogen and oxygen atoms in total. The smallest absolute Gasteiger partial charge is 0.228 e. The van der Waals surface area contributed by atoms with E-state index in [2.05, 4.69) is 29.7 Å². The molecule has 4 heteroatoms. The highest BCUT2D eigenvalue weighted by Gasteiger charge is 2.34. The van der Waals surface area contributed by atoms with Crippen molar-refractivity contribution in [2.24, 2.45) is 0 Å². The quantitative estimate of drug-likeness (QED) is 0.899. The Morgan fingerprint density at radius 1 is 1.33 bits per heavy atom. The van der Waals surface area contributed by atoms with Crippen molar-refractivity contribution in [1.82, 2.24) is 5.32 Å². The minimum absolute atomic E-state index is 0.0597. The average molecular weight is 288 g/mol. The Hall–Kier alpha value is -1.55. The number of carbonyl (C=O) groups excluding carboxylic acids is 1. The van der Waals surface area contributed by atoms with Gasteiger partial charge in [0.1, 0.15) is 0 Å². The van der Waals surface area contributed by atoms with E-state index in [-0.39, 0.29) is 24.0 Å². The van der Waals surface area contributed by atoms with Crippen LogP contribution in [-0.4, -0.2) is 31.2 Å². The molecule has 1 aliphatic heterocycles. The molecule has 1 aromatic carbocycles. The second kappa shape index (κ2) is 6.06. The predicted octanol–water partition coefficient (Wildman–Crippen LogP) is 2.66. The van der Waals surface area contributed by atoms with Crippen molar-refractivity contribution in [3.8, 4) is 0 Å². The molecule has 1 amide bonds. The first-order valence-corrected chi connectivity index (χ1v) is 7.87. The first kappa shape index (κ1) is 14.4. The Morgan fingerprint density at radius 2 is 2.14 bits per heavy atom. The monoisotopic (exact) mass is 288 g/mol. The maximum atomic E-state index is 12.7. The molecule has 3 rings (SSSR count). The SMILES string of the molecule is COC1CCCC1NC(=O)C1CC(C)Nc2ccccc21. The third-order valence-electron chi connectivity index (χ3n) is 4.73. The summed E-state index contributed by atoms with van der Waals surface area (Å²) in [6, 6.07) is 8.61. The van der Waals surface area contributed by atoms with Gasteiger partial charge in [-0.15, -0.1) is 0 Å². The van der Waals surface area contributed by atoms with Gasteiger partial charge in [0.05, 0.1) is 18.1 Å². The molecule has 4 atom stereocenters. The van der Waals surface area contributed by atoms with E-state index in [4.69, 9.17) is 4.74 Å². The third-order valence-corrected chi connectivity index (χ3v) is 4.73. The standard InChI is InChI=1S/C17H24N2O2/c1-11-10-13(12-6-3-4-7-14(12)18-11)17(20)19-15-8-5-9-16(15)21-2/h3-4,6-7,11,13,15-16,18H,5,8-10H2,1-2H3,(H,19,20). The van der Waals surface area contributed by atoms with Gasteiger partial charge in [-0.1, -0.05) is 18.2 Å². The molecule has 2 N–H and O–H groups in total. The van der Waals surface area contributed by atoms with Crippen molar-refractivity contribution in [3.63, 3.8) is 0 Å². The zero-order valence-corrected chi connectivity index (χ0v) is 12.8. The van der Waals surface area contributed by atoms with Crippen LogP contribution in [0, 0.1) is 0 Å². The summed E-state index contributed by atoms with van der Waals surface area (Å²) in [7, 11) is 1.73. The summed E-state index contributed by atoms with van der Waals surface area (Å²) in [4.78, 5) is 12.7. The molecule has 114 valence electrons. The largest absolute Gasteiger partial charge is 0.382 e. The number of hydrogen-bond acceptors (Lipinski definition) is 3. The molecule has 2 aliphatic rings. The summed E-state index contributed by atoms with van der Waals surface area (Å²) < 4.78 is 5.48. The van der Waals surface area contributed by atoms with Gasteiger partial charge in [0, 0.05) is 18.8 Å². The van der Waals surface area contributed by atoms with Crippen LogP contribution < -0.4 is 10.6 Å². The number of anilines is 1. The fraction of sp³-hybridized carbons (Fsp3) is 0.588. The average Bonchev–Trinajstić information content (AvgIpc) is 2.93. The number of benzene rings is 1. The van der Waals surface area contributed by atoms with Crippen molar-refractivity contribution >= 4 is 11.6 Å². The van der Waals surface area contributed by atoms with Gasteiger partial charge >= 0.3 is 0 Å². The normalized spacial score (nSPS) is 31.3. The summed E-state index contributed by atoms with van der Waals surface area (Å²) in [5.41, 5.74) is 2.20. The van der Waals surface area contributed by atoms with E-state index in [1.165, 1.54) is 0 Å². The molecule has 0 radical (unpaired) electrons. The molecule has 0 saturated heterocycles. The van der Waals surface area contributed by atoms with Crippen molar-refractivity contribution < 1.29 is 9.53 Å². The van der Waals surface area contributed by atoms with Crippen LogP contribution >= 0.6 is 0 Å². The predicted molar refractivity (Wildman–Crippen MR) is 83.5 cm³/mol. The summed E-state index contributed by atoms with van der Waals surface area (Å²) >= 11 is 0. The molecule has 1 aliphatic carbocycles. The molecule has 1 aromatic rings. The topological polar surface area (TPSA) is 50.4 Å². The molecule has 4 unspecified atom stereocenters. The van der Waals surface area contributed by atoms with Gasteiger partial charge in [0.25, 0.3) is 0 Å². The molecule has 1 heterocycles. The number of para-hydroxylation sites is 1. The summed E-state index contributed by atoms with van der Waals surface area (Å²) in [6.45, 7) is 2.13. The highest BCUT2D eigenvalue weighted by molar-refractivity contribution is 5.86. The lowest BCUT2D eigenvalue weighted by molar-refractivity contribution is -0.124. The van der Waals surface area contributed by atoms with Crippen molar-refractivity contribution in [1.29, 1.82) is 0 Å². The lowest BCUT2D eigenvalue weighted by Crippen LogP contribution is -2.44. The summed E-state index contributed by atoms with van der Waals surface area (Å²) in [5, 5.41) is 6.67. The van der Waals surface area contributed by atoms with Crippen molar-refractivity contribution in [2.45, 2.75) is 56.7 Å². The number of methoxy groups -OCH3 is 1. The molecule has 1 saturated carbocycles. The highest BCUT2D eigenvalue weighted by atomic mass is 16.5. The van der Waals surface area contributed by atoms with E-state index < -0.39 is 0 Å². The minimum Gasteiger partial charge on any atom is -0.382 e. The number of amides is 1. The maximum Gasteiger partial charge on any atom is 0.228 e. The van der Waals surface area contributed by atoms with Crippen LogP contribution in [0.2, 0.25) is 0 Å². The molecular weight excluding hydrogens is 264 g/mol. The Morgan fingerprint density at radius 3 is 2.95 bits per heavy atom. The summed E-state index contributed by atoms with van der Waals surface area (Å²) in [6.07, 6.45) is 4.20. The molecule has 0 aromatic heterocycles. The second-order valence-electron chi connectivity index (χ2n) is 6.24. The van der Waals surface area contributed by atoms with E-state index in [0.717, 1.165) is 36.9 Å². The van der Waals surface area contributed by atoms with Gasteiger partial charge < -0.3 is 15.4 Å². The molecule has 21 heavy (non-hydrogen) atoms. The zero-order valence-electron chi connectivity index (χ0n) is 12.8. The fourth-order valence-electron chi connectivity index (χ4n) is 3.64. The van der Waals surface area contributed by atoms with Gasteiger partial charge in [-0.3, -0.25) is 4.79 Å². The van der Waals surface area contributed by atoms with Gasteiger partial charge in [0.15, 0.2) is 0 Å². The van der Waals surface area contributed by atoms with Crippen LogP contribution in [0.5, 0.6) is 0 Å². The van der Waals surface area contributed by atoms with Crippen LogP contribution in [0.4, 0.5) is 5.69 Å². The van der Waals surface area contributed by atoms with E-state index >= 15 is 0 Å². The van der Waals surface area contributed by atoms with Crippen LogP contribution in [0.15, 0.2) is 24.3 Å². The van der Waals surface area contributed by atoms with Crippen LogP contribution in [0.1, 0.15) is 44.1 Å². The van der Waals surface area contributed by atoms with Gasteiger partial charge in [-0.25, -0.2) is 0 Å². The number of carbonyl (C=O) groups is 1. The lowest BCUT2D eigenvalue weighted by atomic mass is 9.86. The van der Waals surface area contributed by atoms with Crippen molar-refractivity contribution in [3.05, 3.63) is 29.8 Å². The Balaban J connectivity index is 1.75. The number of ether oxygens (including phenoxy) is 1. The number of nitrogens with one attached hydrogen (secondary N) is 2. The Kier molecular flexibility index (Phi) is 4.15. The number of fused-ring (bicyclic) bond motifs is 1. The van der Waals surface area contributed by atoms with Gasteiger partial charge in [0.2, 0.25) is 5.91 Å². The van der Waals surface area contributed by atoms with E-state index in [0.29, 0.717) is 6.04 Å². The zero-order chi connectivity index (χ0) is 14.8. The van der Waals surface area contributed by atoms with Gasteiger partial charge in [-0.2, -0.15) is 0 Å². The maximum absolute atomic E-state index is 12.7. The van der Waals surface area contributed by atoms with E-state index in [1.54, 1.807) is 7.11 Å². The first-order chi connectivity index (χ1) is 10.2. The third kappa shape index (κ3) is 2.91. The Bertz CT molecular complexity index is 517. The molecule has 1 fully saturated rings. The lowest BCUT2D eigenvalue weighted by Gasteiger charge is -2.32. The van der Waals surface area contributed by atoms with Crippen LogP contribution in [-0.2, 0) is 9.53 Å². The van der Waals surface area contributed by atoms with E-state index in [9.17, 15) is 4.79 Å². The minimum atomic E-state index is -0.0597. The first-order valence-electron chi connectivity index (χ1n) is 7.87. The van der Waals surface area contributed by atoms with Gasteiger partial charge in [-0.05, 0) is 44.2 Å². The fourth-order valence-corrected chi connectivity index (χ4v) is 3.64. The van der Waals surface area contributed by atoms with E-state index in [1.807, 2.05) is 12.1 Å². The molecular formula is C17H24N2O2. The van der Waals surface area contributed by atoms with Crippen LogP contribution in [0.3, 0.4) is 0 Å². The summed E-state index contributed by atoms with van der Waals surface area (Å²) in [5.74, 6) is 0.0836. The molecule has 0 spiro atoms. The van der Waals surface area contributed by atoms with Crippen LogP contribution in [0.25, 0.3) is 0 Å². The second-order valence-corrected chi connectivity index (χ2v) is 6.24. The Labute approximate surface area is 126 Å².